The standard InChI is InChI=1S/C25H32FN3O4S/c1-18-15-28(16-19(2)33-18)24-11-10-20(13-23(24)26)14-27-25(30)21-7-6-12-29(17-21)34(31,32)22-8-4-3-5-9-22/h3-5,8-11,13,18-19,21H,6-7,12,14-17H2,1-2H3,(H,27,30). The molecule has 0 bridgehead atoms. The minimum absolute atomic E-state index is 0.0304. The van der Waals surface area contributed by atoms with Crippen LogP contribution in [0.15, 0.2) is 53.4 Å². The van der Waals surface area contributed by atoms with Gasteiger partial charge in [0.05, 0.1) is 28.7 Å². The van der Waals surface area contributed by atoms with E-state index in [1.54, 1.807) is 36.4 Å². The summed E-state index contributed by atoms with van der Waals surface area (Å²) in [5, 5.41) is 2.86. The number of hydrogen-bond donors (Lipinski definition) is 1. The summed E-state index contributed by atoms with van der Waals surface area (Å²) in [5.41, 5.74) is 1.19. The van der Waals surface area contributed by atoms with Crippen LogP contribution in [-0.2, 0) is 26.1 Å². The van der Waals surface area contributed by atoms with Crippen molar-refractivity contribution < 1.29 is 22.3 Å². The predicted molar refractivity (Wildman–Crippen MR) is 128 cm³/mol. The van der Waals surface area contributed by atoms with Gasteiger partial charge in [-0.25, -0.2) is 12.8 Å². The summed E-state index contributed by atoms with van der Waals surface area (Å²) in [6.45, 7) is 5.93. The highest BCUT2D eigenvalue weighted by atomic mass is 32.2. The molecule has 2 aromatic rings. The maximum absolute atomic E-state index is 14.8. The Morgan fingerprint density at radius 1 is 1.09 bits per heavy atom. The van der Waals surface area contributed by atoms with Crippen LogP contribution in [0.1, 0.15) is 32.3 Å². The van der Waals surface area contributed by atoms with Gasteiger partial charge in [0.25, 0.3) is 0 Å². The number of nitrogens with zero attached hydrogens (tertiary/aromatic N) is 2. The summed E-state index contributed by atoms with van der Waals surface area (Å²) in [6, 6.07) is 13.3. The second-order valence-electron chi connectivity index (χ2n) is 9.18. The molecule has 0 aliphatic carbocycles. The molecule has 34 heavy (non-hydrogen) atoms. The van der Waals surface area contributed by atoms with E-state index in [4.69, 9.17) is 4.74 Å². The van der Waals surface area contributed by atoms with E-state index >= 15 is 0 Å². The number of nitrogens with one attached hydrogen (secondary N) is 1. The highest BCUT2D eigenvalue weighted by Gasteiger charge is 2.33. The molecule has 2 aliphatic rings. The smallest absolute Gasteiger partial charge is 0.243 e. The minimum Gasteiger partial charge on any atom is -0.372 e. The van der Waals surface area contributed by atoms with Crippen molar-refractivity contribution in [2.75, 3.05) is 31.1 Å². The number of piperidine rings is 1. The third kappa shape index (κ3) is 5.59. The molecule has 3 atom stereocenters. The number of amides is 1. The Labute approximate surface area is 200 Å². The lowest BCUT2D eigenvalue weighted by Crippen LogP contribution is -2.46. The fraction of sp³-hybridized carbons (Fsp3) is 0.480. The fourth-order valence-electron chi connectivity index (χ4n) is 4.74. The van der Waals surface area contributed by atoms with Crippen molar-refractivity contribution in [1.82, 2.24) is 9.62 Å². The molecule has 184 valence electrons. The van der Waals surface area contributed by atoms with E-state index in [1.165, 1.54) is 10.4 Å². The summed E-state index contributed by atoms with van der Waals surface area (Å²) in [4.78, 5) is 15.0. The molecular weight excluding hydrogens is 457 g/mol. The Balaban J connectivity index is 1.36. The van der Waals surface area contributed by atoms with Crippen LogP contribution in [0.2, 0.25) is 0 Å². The van der Waals surface area contributed by atoms with Crippen LogP contribution in [0.25, 0.3) is 0 Å². The molecule has 0 aromatic heterocycles. The molecule has 0 spiro atoms. The molecule has 0 radical (unpaired) electrons. The summed E-state index contributed by atoms with van der Waals surface area (Å²) in [5.74, 6) is -0.980. The van der Waals surface area contributed by atoms with Gasteiger partial charge in [-0.05, 0) is 56.5 Å². The zero-order chi connectivity index (χ0) is 24.3. The van der Waals surface area contributed by atoms with Crippen molar-refractivity contribution in [2.45, 2.75) is 50.3 Å². The number of halogens is 1. The van der Waals surface area contributed by atoms with Crippen LogP contribution in [0, 0.1) is 11.7 Å². The molecule has 2 aliphatic heterocycles. The van der Waals surface area contributed by atoms with E-state index in [0.29, 0.717) is 43.7 Å². The van der Waals surface area contributed by atoms with Crippen LogP contribution in [0.4, 0.5) is 10.1 Å². The van der Waals surface area contributed by atoms with Gasteiger partial charge in [0.15, 0.2) is 0 Å². The SMILES string of the molecule is CC1CN(c2ccc(CNC(=O)C3CCCN(S(=O)(=O)c4ccccc4)C3)cc2F)CC(C)O1. The van der Waals surface area contributed by atoms with Crippen molar-refractivity contribution >= 4 is 21.6 Å². The number of sulfonamides is 1. The Hall–Kier alpha value is -2.49. The summed E-state index contributed by atoms with van der Waals surface area (Å²) < 4.78 is 47.8. The van der Waals surface area contributed by atoms with Gasteiger partial charge < -0.3 is 15.0 Å². The third-order valence-electron chi connectivity index (χ3n) is 6.38. The van der Waals surface area contributed by atoms with Gasteiger partial charge in [-0.2, -0.15) is 4.31 Å². The first-order valence-electron chi connectivity index (χ1n) is 11.8. The number of carbonyl (C=O) groups is 1. The monoisotopic (exact) mass is 489 g/mol. The average molecular weight is 490 g/mol. The molecule has 1 N–H and O–H groups in total. The molecule has 7 nitrogen and oxygen atoms in total. The highest BCUT2D eigenvalue weighted by molar-refractivity contribution is 7.89. The first-order chi connectivity index (χ1) is 16.2. The van der Waals surface area contributed by atoms with Crippen molar-refractivity contribution in [3.63, 3.8) is 0 Å². The Kier molecular flexibility index (Phi) is 7.54. The lowest BCUT2D eigenvalue weighted by Gasteiger charge is -2.37. The number of anilines is 1. The lowest BCUT2D eigenvalue weighted by molar-refractivity contribution is -0.126. The maximum atomic E-state index is 14.8. The Morgan fingerprint density at radius 2 is 1.79 bits per heavy atom. The predicted octanol–water partition coefficient (Wildman–Crippen LogP) is 3.16. The van der Waals surface area contributed by atoms with Gasteiger partial charge in [0.2, 0.25) is 15.9 Å². The summed E-state index contributed by atoms with van der Waals surface area (Å²) in [7, 11) is -3.63. The number of benzene rings is 2. The van der Waals surface area contributed by atoms with E-state index < -0.39 is 15.9 Å². The molecule has 2 fully saturated rings. The van der Waals surface area contributed by atoms with Gasteiger partial charge in [-0.3, -0.25) is 4.79 Å². The van der Waals surface area contributed by atoms with Crippen molar-refractivity contribution in [3.8, 4) is 0 Å². The largest absolute Gasteiger partial charge is 0.372 e. The quantitative estimate of drug-likeness (QED) is 0.675. The molecule has 9 heteroatoms. The summed E-state index contributed by atoms with van der Waals surface area (Å²) >= 11 is 0. The molecule has 1 amide bonds. The van der Waals surface area contributed by atoms with E-state index in [2.05, 4.69) is 5.32 Å². The number of rotatable bonds is 6. The van der Waals surface area contributed by atoms with E-state index in [1.807, 2.05) is 24.8 Å². The van der Waals surface area contributed by atoms with Crippen LogP contribution in [0.3, 0.4) is 0 Å². The number of ether oxygens (including phenoxy) is 1. The van der Waals surface area contributed by atoms with Crippen LogP contribution in [0.5, 0.6) is 0 Å². The molecule has 4 rings (SSSR count). The molecule has 0 saturated carbocycles. The van der Waals surface area contributed by atoms with Gasteiger partial charge in [-0.1, -0.05) is 24.3 Å². The second kappa shape index (κ2) is 10.4. The number of hydrogen-bond acceptors (Lipinski definition) is 5. The van der Waals surface area contributed by atoms with Gasteiger partial charge >= 0.3 is 0 Å². The van der Waals surface area contributed by atoms with Gasteiger partial charge in [-0.15, -0.1) is 0 Å². The molecular formula is C25H32FN3O4S. The van der Waals surface area contributed by atoms with Crippen molar-refractivity contribution in [3.05, 3.63) is 59.9 Å². The Bertz CT molecular complexity index is 1100. The fourth-order valence-corrected chi connectivity index (χ4v) is 6.29. The third-order valence-corrected chi connectivity index (χ3v) is 8.25. The van der Waals surface area contributed by atoms with Crippen LogP contribution < -0.4 is 10.2 Å². The van der Waals surface area contributed by atoms with Crippen molar-refractivity contribution in [1.29, 1.82) is 0 Å². The summed E-state index contributed by atoms with van der Waals surface area (Å²) in [6.07, 6.45) is 1.29. The molecule has 2 saturated heterocycles. The maximum Gasteiger partial charge on any atom is 0.243 e. The zero-order valence-corrected chi connectivity index (χ0v) is 20.4. The highest BCUT2D eigenvalue weighted by Crippen LogP contribution is 2.26. The average Bonchev–Trinajstić information content (AvgIpc) is 2.82. The van der Waals surface area contributed by atoms with Crippen molar-refractivity contribution in [2.24, 2.45) is 5.92 Å². The first kappa shape index (κ1) is 24.6. The second-order valence-corrected chi connectivity index (χ2v) is 11.1. The topological polar surface area (TPSA) is 79.0 Å². The lowest BCUT2D eigenvalue weighted by atomic mass is 9.98. The normalized spacial score (nSPS) is 24.1. The zero-order valence-electron chi connectivity index (χ0n) is 19.6. The van der Waals surface area contributed by atoms with Gasteiger partial charge in [0, 0.05) is 32.7 Å². The molecule has 2 heterocycles. The first-order valence-corrected chi connectivity index (χ1v) is 13.2. The number of morpholine rings is 1. The van der Waals surface area contributed by atoms with Crippen LogP contribution >= 0.6 is 0 Å². The number of carbonyl (C=O) groups excluding carboxylic acids is 1. The van der Waals surface area contributed by atoms with Gasteiger partial charge in [0.1, 0.15) is 5.82 Å². The van der Waals surface area contributed by atoms with E-state index in [0.717, 1.165) is 0 Å². The molecule has 3 unspecified atom stereocenters. The minimum atomic E-state index is -3.63. The van der Waals surface area contributed by atoms with E-state index in [-0.39, 0.29) is 41.9 Å². The molecule has 2 aromatic carbocycles. The Morgan fingerprint density at radius 3 is 2.47 bits per heavy atom. The van der Waals surface area contributed by atoms with Crippen LogP contribution in [-0.4, -0.2) is 57.0 Å². The van der Waals surface area contributed by atoms with E-state index in [9.17, 15) is 17.6 Å².